The fraction of sp³-hybridized carbons (Fsp3) is 0.292. The third-order valence-corrected chi connectivity index (χ3v) is 4.96. The van der Waals surface area contributed by atoms with E-state index in [1.54, 1.807) is 19.2 Å². The number of nitrogens with zero attached hydrogens (tertiary/aromatic N) is 2. The van der Waals surface area contributed by atoms with Gasteiger partial charge in [-0.2, -0.15) is 5.26 Å². The largest absolute Gasteiger partial charge is 0.489 e. The van der Waals surface area contributed by atoms with E-state index < -0.39 is 0 Å². The summed E-state index contributed by atoms with van der Waals surface area (Å²) in [5.41, 5.74) is 4.79. The van der Waals surface area contributed by atoms with Crippen molar-refractivity contribution in [2.24, 2.45) is 5.92 Å². The molecule has 29 heavy (non-hydrogen) atoms. The van der Waals surface area contributed by atoms with Crippen LogP contribution in [0.2, 0.25) is 0 Å². The van der Waals surface area contributed by atoms with E-state index in [2.05, 4.69) is 18.0 Å². The number of hydrogen-bond donors (Lipinski definition) is 1. The van der Waals surface area contributed by atoms with Gasteiger partial charge in [0.15, 0.2) is 0 Å². The first kappa shape index (κ1) is 20.5. The highest BCUT2D eigenvalue weighted by Gasteiger charge is 2.18. The van der Waals surface area contributed by atoms with Gasteiger partial charge in [0.25, 0.3) is 0 Å². The highest BCUT2D eigenvalue weighted by atomic mass is 16.5. The molecule has 0 radical (unpaired) electrons. The number of fused-ring (bicyclic) bond motifs is 1. The van der Waals surface area contributed by atoms with E-state index in [1.807, 2.05) is 43.3 Å². The van der Waals surface area contributed by atoms with Gasteiger partial charge < -0.3 is 14.9 Å². The minimum absolute atomic E-state index is 0.0531. The smallest absolute Gasteiger partial charge is 0.122 e. The zero-order valence-corrected chi connectivity index (χ0v) is 17.0. The molecule has 3 rings (SSSR count). The van der Waals surface area contributed by atoms with E-state index in [0.29, 0.717) is 24.5 Å². The van der Waals surface area contributed by atoms with Crippen LogP contribution in [-0.2, 0) is 11.3 Å². The maximum atomic E-state index is 8.89. The first-order chi connectivity index (χ1) is 14.0. The molecule has 0 spiro atoms. The number of methoxy groups -OCH3 is 1. The number of pyridine rings is 1. The summed E-state index contributed by atoms with van der Waals surface area (Å²) in [6, 6.07) is 17.2. The van der Waals surface area contributed by atoms with Gasteiger partial charge in [-0.25, -0.2) is 0 Å². The number of aryl methyl sites for hydroxylation is 1. The molecule has 5 heteroatoms. The topological polar surface area (TPSA) is 79.0 Å². The van der Waals surface area contributed by atoms with Crippen LogP contribution in [0.3, 0.4) is 0 Å². The standard InChI is InChI=1S/C24H25N3O2/c1-4-19(15-28-3)24(26)22-11-16(2)27-23-12-20(9-10-21(22)23)29-14-18-7-5-17(13-25)6-8-18/h5-12,19,26H,4,14-15H2,1-3H3/t19-/m0/s1. The Kier molecular flexibility index (Phi) is 6.58. The molecule has 0 saturated carbocycles. The van der Waals surface area contributed by atoms with Crippen molar-refractivity contribution in [2.45, 2.75) is 26.9 Å². The average molecular weight is 387 g/mol. The summed E-state index contributed by atoms with van der Waals surface area (Å²) >= 11 is 0. The molecule has 0 aliphatic heterocycles. The molecule has 1 aromatic heterocycles. The molecule has 0 unspecified atom stereocenters. The van der Waals surface area contributed by atoms with Crippen LogP contribution in [0.1, 0.15) is 35.7 Å². The minimum atomic E-state index is 0.0531. The second-order valence-corrected chi connectivity index (χ2v) is 7.06. The van der Waals surface area contributed by atoms with Crippen molar-refractivity contribution in [2.75, 3.05) is 13.7 Å². The molecule has 0 aliphatic rings. The normalized spacial score (nSPS) is 11.8. The van der Waals surface area contributed by atoms with Gasteiger partial charge in [-0.3, -0.25) is 4.98 Å². The third kappa shape index (κ3) is 4.79. The first-order valence-corrected chi connectivity index (χ1v) is 9.66. The van der Waals surface area contributed by atoms with Gasteiger partial charge in [0.05, 0.1) is 23.8 Å². The van der Waals surface area contributed by atoms with Crippen LogP contribution in [0.5, 0.6) is 5.75 Å². The lowest BCUT2D eigenvalue weighted by Crippen LogP contribution is -2.19. The van der Waals surface area contributed by atoms with Gasteiger partial charge >= 0.3 is 0 Å². The number of rotatable bonds is 8. The summed E-state index contributed by atoms with van der Waals surface area (Å²) < 4.78 is 11.2. The Hall–Kier alpha value is -3.23. The lowest BCUT2D eigenvalue weighted by Gasteiger charge is -2.18. The van der Waals surface area contributed by atoms with E-state index in [0.717, 1.165) is 39.9 Å². The molecule has 1 atom stereocenters. The highest BCUT2D eigenvalue weighted by Crippen LogP contribution is 2.26. The Morgan fingerprint density at radius 2 is 1.93 bits per heavy atom. The first-order valence-electron chi connectivity index (χ1n) is 9.66. The zero-order chi connectivity index (χ0) is 20.8. The Balaban J connectivity index is 1.86. The lowest BCUT2D eigenvalue weighted by molar-refractivity contribution is 0.174. The van der Waals surface area contributed by atoms with Crippen LogP contribution in [-0.4, -0.2) is 24.4 Å². The van der Waals surface area contributed by atoms with Gasteiger partial charge in [-0.1, -0.05) is 19.1 Å². The summed E-state index contributed by atoms with van der Waals surface area (Å²) in [5.74, 6) is 0.777. The maximum Gasteiger partial charge on any atom is 0.122 e. The molecule has 148 valence electrons. The molecule has 3 aromatic rings. The van der Waals surface area contributed by atoms with E-state index in [-0.39, 0.29) is 5.92 Å². The van der Waals surface area contributed by atoms with E-state index in [9.17, 15) is 0 Å². The van der Waals surface area contributed by atoms with E-state index in [1.165, 1.54) is 0 Å². The molecule has 0 saturated heterocycles. The summed E-state index contributed by atoms with van der Waals surface area (Å²) in [4.78, 5) is 4.64. The Morgan fingerprint density at radius 3 is 2.59 bits per heavy atom. The van der Waals surface area contributed by atoms with E-state index in [4.69, 9.17) is 20.1 Å². The monoisotopic (exact) mass is 387 g/mol. The van der Waals surface area contributed by atoms with Crippen LogP contribution in [0.15, 0.2) is 48.5 Å². The fourth-order valence-corrected chi connectivity index (χ4v) is 3.32. The van der Waals surface area contributed by atoms with Gasteiger partial charge in [-0.05, 0) is 49.2 Å². The van der Waals surface area contributed by atoms with Gasteiger partial charge in [-0.15, -0.1) is 0 Å². The highest BCUT2D eigenvalue weighted by molar-refractivity contribution is 6.10. The van der Waals surface area contributed by atoms with Crippen LogP contribution in [0, 0.1) is 29.6 Å². The molecule has 0 bridgehead atoms. The van der Waals surface area contributed by atoms with Gasteiger partial charge in [0, 0.05) is 41.4 Å². The van der Waals surface area contributed by atoms with Crippen LogP contribution in [0.4, 0.5) is 0 Å². The Labute approximate surface area is 171 Å². The third-order valence-electron chi connectivity index (χ3n) is 4.96. The summed E-state index contributed by atoms with van der Waals surface area (Å²) in [6.45, 7) is 4.96. The predicted molar refractivity (Wildman–Crippen MR) is 114 cm³/mol. The summed E-state index contributed by atoms with van der Waals surface area (Å²) in [7, 11) is 1.67. The zero-order valence-electron chi connectivity index (χ0n) is 17.0. The molecule has 1 heterocycles. The van der Waals surface area contributed by atoms with Crippen molar-refractivity contribution in [3.8, 4) is 11.8 Å². The van der Waals surface area contributed by atoms with Crippen molar-refractivity contribution in [1.82, 2.24) is 4.98 Å². The van der Waals surface area contributed by atoms with Gasteiger partial charge in [0.1, 0.15) is 12.4 Å². The molecule has 1 N–H and O–H groups in total. The lowest BCUT2D eigenvalue weighted by atomic mass is 9.92. The number of hydrogen-bond acceptors (Lipinski definition) is 5. The van der Waals surface area contributed by atoms with Crippen molar-refractivity contribution in [3.05, 3.63) is 70.9 Å². The second-order valence-electron chi connectivity index (χ2n) is 7.06. The summed E-state index contributed by atoms with van der Waals surface area (Å²) in [5, 5.41) is 18.5. The van der Waals surface area contributed by atoms with Crippen LogP contribution < -0.4 is 4.74 Å². The average Bonchev–Trinajstić information content (AvgIpc) is 2.75. The summed E-state index contributed by atoms with van der Waals surface area (Å²) in [6.07, 6.45) is 0.849. The number of aromatic nitrogens is 1. The van der Waals surface area contributed by atoms with Crippen molar-refractivity contribution >= 4 is 16.6 Å². The fourth-order valence-electron chi connectivity index (χ4n) is 3.32. The molecular formula is C24H25N3O2. The van der Waals surface area contributed by atoms with Crippen molar-refractivity contribution in [3.63, 3.8) is 0 Å². The van der Waals surface area contributed by atoms with E-state index >= 15 is 0 Å². The number of benzene rings is 2. The molecule has 0 aliphatic carbocycles. The van der Waals surface area contributed by atoms with Gasteiger partial charge in [0.2, 0.25) is 0 Å². The molecule has 0 amide bonds. The molecule has 5 nitrogen and oxygen atoms in total. The van der Waals surface area contributed by atoms with Crippen LogP contribution >= 0.6 is 0 Å². The number of nitriles is 1. The molecular weight excluding hydrogens is 362 g/mol. The SMILES string of the molecule is CC[C@@H](COC)C(=N)c1cc(C)nc2cc(OCc3ccc(C#N)cc3)ccc12. The predicted octanol–water partition coefficient (Wildman–Crippen LogP) is 5.03. The quantitative estimate of drug-likeness (QED) is 0.550. The van der Waals surface area contributed by atoms with Crippen LogP contribution in [0.25, 0.3) is 10.9 Å². The maximum absolute atomic E-state index is 8.89. The number of nitrogens with one attached hydrogen (secondary N) is 1. The Bertz CT molecular complexity index is 1050. The van der Waals surface area contributed by atoms with Crippen molar-refractivity contribution in [1.29, 1.82) is 10.7 Å². The molecule has 0 fully saturated rings. The molecule has 2 aromatic carbocycles. The Morgan fingerprint density at radius 1 is 1.17 bits per heavy atom. The number of ether oxygens (including phenoxy) is 2. The minimum Gasteiger partial charge on any atom is -0.489 e. The second kappa shape index (κ2) is 9.31. The van der Waals surface area contributed by atoms with Crippen molar-refractivity contribution < 1.29 is 9.47 Å².